The van der Waals surface area contributed by atoms with Crippen LogP contribution in [0.15, 0.2) is 29.1 Å². The average Bonchev–Trinajstić information content (AvgIpc) is 2.69. The summed E-state index contributed by atoms with van der Waals surface area (Å²) >= 11 is 0. The largest absolute Gasteiger partial charge is 0.450 e. The van der Waals surface area contributed by atoms with Gasteiger partial charge in [-0.15, -0.1) is 0 Å². The van der Waals surface area contributed by atoms with E-state index in [0.29, 0.717) is 38.5 Å². The SMILES string of the molecule is CCOC(=O)N1CCN(C(=O)c2cc(-c3cc(C)ccc3C)nc(=O)[nH]2)CC1. The van der Waals surface area contributed by atoms with Crippen LogP contribution in [0.25, 0.3) is 11.3 Å². The maximum atomic E-state index is 12.9. The van der Waals surface area contributed by atoms with Gasteiger partial charge in [0.25, 0.3) is 5.91 Å². The predicted molar refractivity (Wildman–Crippen MR) is 104 cm³/mol. The number of aromatic nitrogens is 2. The Morgan fingerprint density at radius 3 is 2.46 bits per heavy atom. The lowest BCUT2D eigenvalue weighted by Crippen LogP contribution is -2.51. The van der Waals surface area contributed by atoms with Crippen molar-refractivity contribution in [3.8, 4) is 11.3 Å². The van der Waals surface area contributed by atoms with Gasteiger partial charge < -0.3 is 19.5 Å². The lowest BCUT2D eigenvalue weighted by Gasteiger charge is -2.33. The van der Waals surface area contributed by atoms with Crippen LogP contribution >= 0.6 is 0 Å². The van der Waals surface area contributed by atoms with Gasteiger partial charge in [0.05, 0.1) is 12.3 Å². The number of nitrogens with one attached hydrogen (secondary N) is 1. The molecule has 0 aliphatic carbocycles. The van der Waals surface area contributed by atoms with Gasteiger partial charge in [0.2, 0.25) is 0 Å². The first kappa shape index (κ1) is 19.6. The molecule has 1 aromatic heterocycles. The molecule has 0 atom stereocenters. The number of piperazine rings is 1. The highest BCUT2D eigenvalue weighted by Crippen LogP contribution is 2.22. The van der Waals surface area contributed by atoms with Crippen molar-refractivity contribution in [3.63, 3.8) is 0 Å². The molecular formula is C20H24N4O4. The molecule has 1 fully saturated rings. The Bertz CT molecular complexity index is 945. The maximum Gasteiger partial charge on any atom is 0.409 e. The van der Waals surface area contributed by atoms with Gasteiger partial charge in [0.1, 0.15) is 5.69 Å². The number of carbonyl (C=O) groups is 2. The summed E-state index contributed by atoms with van der Waals surface area (Å²) in [6.45, 7) is 7.51. The van der Waals surface area contributed by atoms with Crippen LogP contribution in [-0.4, -0.2) is 64.6 Å². The number of benzene rings is 1. The van der Waals surface area contributed by atoms with Crippen LogP contribution in [0.3, 0.4) is 0 Å². The fraction of sp³-hybridized carbons (Fsp3) is 0.400. The van der Waals surface area contributed by atoms with E-state index in [1.165, 1.54) is 0 Å². The zero-order chi connectivity index (χ0) is 20.3. The van der Waals surface area contributed by atoms with E-state index in [1.807, 2.05) is 32.0 Å². The quantitative estimate of drug-likeness (QED) is 0.873. The summed E-state index contributed by atoms with van der Waals surface area (Å²) in [4.78, 5) is 46.5. The number of nitrogens with zero attached hydrogens (tertiary/aromatic N) is 3. The molecule has 1 saturated heterocycles. The van der Waals surface area contributed by atoms with Crippen LogP contribution in [0, 0.1) is 13.8 Å². The number of aromatic amines is 1. The molecule has 1 aromatic carbocycles. The molecule has 2 aromatic rings. The Kier molecular flexibility index (Phi) is 5.77. The Hall–Kier alpha value is -3.16. The van der Waals surface area contributed by atoms with Gasteiger partial charge in [-0.3, -0.25) is 4.79 Å². The molecule has 1 N–H and O–H groups in total. The van der Waals surface area contributed by atoms with Crippen molar-refractivity contribution in [1.29, 1.82) is 0 Å². The molecule has 8 heteroatoms. The summed E-state index contributed by atoms with van der Waals surface area (Å²) in [5, 5.41) is 0. The minimum atomic E-state index is -0.563. The average molecular weight is 384 g/mol. The molecule has 0 spiro atoms. The van der Waals surface area contributed by atoms with Crippen molar-refractivity contribution < 1.29 is 14.3 Å². The molecule has 28 heavy (non-hydrogen) atoms. The predicted octanol–water partition coefficient (Wildman–Crippen LogP) is 1.97. The monoisotopic (exact) mass is 384 g/mol. The van der Waals surface area contributed by atoms with Crippen LogP contribution in [-0.2, 0) is 4.74 Å². The highest BCUT2D eigenvalue weighted by molar-refractivity contribution is 5.93. The fourth-order valence-corrected chi connectivity index (χ4v) is 3.20. The van der Waals surface area contributed by atoms with E-state index >= 15 is 0 Å². The molecule has 0 bridgehead atoms. The second-order valence-electron chi connectivity index (χ2n) is 6.78. The molecule has 1 aliphatic heterocycles. The van der Waals surface area contributed by atoms with Crippen LogP contribution in [0.2, 0.25) is 0 Å². The van der Waals surface area contributed by atoms with Crippen molar-refractivity contribution in [2.24, 2.45) is 0 Å². The molecule has 2 heterocycles. The van der Waals surface area contributed by atoms with Crippen molar-refractivity contribution in [2.75, 3.05) is 32.8 Å². The Labute approximate surface area is 163 Å². The van der Waals surface area contributed by atoms with E-state index < -0.39 is 5.69 Å². The molecule has 0 saturated carbocycles. The third kappa shape index (κ3) is 4.21. The van der Waals surface area contributed by atoms with Gasteiger partial charge in [-0.05, 0) is 38.5 Å². The molecule has 0 unspecified atom stereocenters. The number of carbonyl (C=O) groups excluding carboxylic acids is 2. The van der Waals surface area contributed by atoms with Crippen molar-refractivity contribution in [1.82, 2.24) is 19.8 Å². The van der Waals surface area contributed by atoms with E-state index in [2.05, 4.69) is 9.97 Å². The van der Waals surface area contributed by atoms with E-state index in [9.17, 15) is 14.4 Å². The summed E-state index contributed by atoms with van der Waals surface area (Å²) in [5.74, 6) is -0.283. The molecule has 8 nitrogen and oxygen atoms in total. The number of rotatable bonds is 3. The summed E-state index contributed by atoms with van der Waals surface area (Å²) in [7, 11) is 0. The van der Waals surface area contributed by atoms with Gasteiger partial charge in [-0.1, -0.05) is 17.7 Å². The standard InChI is InChI=1S/C20H24N4O4/c1-4-28-20(27)24-9-7-23(8-10-24)18(25)17-12-16(21-19(26)22-17)15-11-13(2)5-6-14(15)3/h5-6,11-12H,4,7-10H2,1-3H3,(H,21,22,26). The first-order valence-electron chi connectivity index (χ1n) is 9.29. The lowest BCUT2D eigenvalue weighted by atomic mass is 10.0. The highest BCUT2D eigenvalue weighted by Gasteiger charge is 2.26. The van der Waals surface area contributed by atoms with E-state index in [1.54, 1.807) is 22.8 Å². The van der Waals surface area contributed by atoms with Crippen LogP contribution in [0.1, 0.15) is 28.5 Å². The second-order valence-corrected chi connectivity index (χ2v) is 6.78. The molecule has 148 valence electrons. The summed E-state index contributed by atoms with van der Waals surface area (Å²) in [6.07, 6.45) is -0.371. The van der Waals surface area contributed by atoms with Gasteiger partial charge in [-0.2, -0.15) is 4.98 Å². The third-order valence-electron chi connectivity index (χ3n) is 4.74. The molecule has 3 rings (SSSR count). The van der Waals surface area contributed by atoms with Crippen LogP contribution < -0.4 is 5.69 Å². The zero-order valence-electron chi connectivity index (χ0n) is 16.3. The number of aryl methyl sites for hydroxylation is 2. The fourth-order valence-electron chi connectivity index (χ4n) is 3.20. The molecule has 0 radical (unpaired) electrons. The molecule has 1 aliphatic rings. The Morgan fingerprint density at radius 2 is 1.79 bits per heavy atom. The third-order valence-corrected chi connectivity index (χ3v) is 4.74. The normalized spacial score (nSPS) is 14.1. The summed E-state index contributed by atoms with van der Waals surface area (Å²) in [6, 6.07) is 7.51. The molecule has 2 amide bonds. The van der Waals surface area contributed by atoms with Gasteiger partial charge in [0, 0.05) is 31.7 Å². The molecular weight excluding hydrogens is 360 g/mol. The van der Waals surface area contributed by atoms with E-state index in [0.717, 1.165) is 16.7 Å². The number of H-pyrrole nitrogens is 1. The van der Waals surface area contributed by atoms with Gasteiger partial charge in [0.15, 0.2) is 0 Å². The van der Waals surface area contributed by atoms with Crippen LogP contribution in [0.4, 0.5) is 4.79 Å². The van der Waals surface area contributed by atoms with Crippen molar-refractivity contribution >= 4 is 12.0 Å². The smallest absolute Gasteiger partial charge is 0.409 e. The minimum Gasteiger partial charge on any atom is -0.450 e. The number of ether oxygens (including phenoxy) is 1. The number of hydrogen-bond donors (Lipinski definition) is 1. The maximum absolute atomic E-state index is 12.9. The second kappa shape index (κ2) is 8.24. The Balaban J connectivity index is 1.80. The van der Waals surface area contributed by atoms with Crippen LogP contribution in [0.5, 0.6) is 0 Å². The summed E-state index contributed by atoms with van der Waals surface area (Å²) < 4.78 is 4.99. The Morgan fingerprint density at radius 1 is 1.11 bits per heavy atom. The van der Waals surface area contributed by atoms with E-state index in [-0.39, 0.29) is 17.7 Å². The first-order valence-corrected chi connectivity index (χ1v) is 9.29. The number of amides is 2. The number of hydrogen-bond acceptors (Lipinski definition) is 5. The lowest BCUT2D eigenvalue weighted by molar-refractivity contribution is 0.0565. The topological polar surface area (TPSA) is 95.6 Å². The van der Waals surface area contributed by atoms with Crippen molar-refractivity contribution in [3.05, 3.63) is 51.6 Å². The van der Waals surface area contributed by atoms with Gasteiger partial charge >= 0.3 is 11.8 Å². The highest BCUT2D eigenvalue weighted by atomic mass is 16.6. The van der Waals surface area contributed by atoms with Gasteiger partial charge in [-0.25, -0.2) is 9.59 Å². The minimum absolute atomic E-state index is 0.195. The van der Waals surface area contributed by atoms with Crippen molar-refractivity contribution in [2.45, 2.75) is 20.8 Å². The first-order chi connectivity index (χ1) is 13.4. The van der Waals surface area contributed by atoms with E-state index in [4.69, 9.17) is 4.74 Å². The zero-order valence-corrected chi connectivity index (χ0v) is 16.3. The summed E-state index contributed by atoms with van der Waals surface area (Å²) in [5.41, 5.74) is 2.95.